The molecule has 5 heteroatoms. The Labute approximate surface area is 89.8 Å². The molecule has 0 aromatic heterocycles. The molecule has 2 N–H and O–H groups in total. The van der Waals surface area contributed by atoms with E-state index >= 15 is 0 Å². The van der Waals surface area contributed by atoms with Crippen LogP contribution in [0.15, 0.2) is 0 Å². The monoisotopic (exact) mass is 221 g/mol. The summed E-state index contributed by atoms with van der Waals surface area (Å²) in [7, 11) is 0. The van der Waals surface area contributed by atoms with Gasteiger partial charge in [-0.3, -0.25) is 0 Å². The normalized spacial score (nSPS) is 16.9. The molecule has 0 fully saturated rings. The van der Waals surface area contributed by atoms with E-state index < -0.39 is 24.3 Å². The largest absolute Gasteiger partial charge is 0.464 e. The Morgan fingerprint density at radius 1 is 1.53 bits per heavy atom. The number of carbonyl (C=O) groups is 1. The third-order valence-corrected chi connectivity index (χ3v) is 1.98. The highest BCUT2D eigenvalue weighted by molar-refractivity contribution is 5.75. The van der Waals surface area contributed by atoms with Crippen molar-refractivity contribution in [3.05, 3.63) is 0 Å². The number of ether oxygens (including phenoxy) is 1. The number of alkyl halides is 1. The first-order valence-electron chi connectivity index (χ1n) is 5.21. The summed E-state index contributed by atoms with van der Waals surface area (Å²) in [6.07, 6.45) is -1.55. The maximum absolute atomic E-state index is 13.3. The Bertz CT molecular complexity index is 188. The number of hydrogen-bond donors (Lipinski definition) is 2. The fourth-order valence-electron chi connectivity index (χ4n) is 1.05. The van der Waals surface area contributed by atoms with E-state index in [2.05, 4.69) is 10.1 Å². The Morgan fingerprint density at radius 2 is 2.13 bits per heavy atom. The summed E-state index contributed by atoms with van der Waals surface area (Å²) in [6, 6.07) is -0.595. The van der Waals surface area contributed by atoms with Crippen molar-refractivity contribution in [3.8, 4) is 0 Å². The highest BCUT2D eigenvalue weighted by atomic mass is 19.1. The predicted molar refractivity (Wildman–Crippen MR) is 55.3 cm³/mol. The third-order valence-electron chi connectivity index (χ3n) is 1.98. The van der Waals surface area contributed by atoms with E-state index in [9.17, 15) is 9.18 Å². The van der Waals surface area contributed by atoms with Crippen LogP contribution in [0, 0.1) is 0 Å². The van der Waals surface area contributed by atoms with Gasteiger partial charge in [0.15, 0.2) is 0 Å². The van der Waals surface area contributed by atoms with Crippen LogP contribution >= 0.6 is 0 Å². The molecule has 3 unspecified atom stereocenters. The molecule has 0 saturated heterocycles. The van der Waals surface area contributed by atoms with Gasteiger partial charge >= 0.3 is 5.97 Å². The van der Waals surface area contributed by atoms with Crippen LogP contribution in [-0.2, 0) is 9.53 Å². The number of rotatable bonds is 7. The Kier molecular flexibility index (Phi) is 7.25. The smallest absolute Gasteiger partial charge is 0.342 e. The molecule has 90 valence electrons. The molecule has 0 aliphatic rings. The molecule has 0 aromatic carbocycles. The highest BCUT2D eigenvalue weighted by Crippen LogP contribution is 2.02. The van der Waals surface area contributed by atoms with Crippen LogP contribution in [0.3, 0.4) is 0 Å². The minimum atomic E-state index is -1.65. The lowest BCUT2D eigenvalue weighted by molar-refractivity contribution is -0.150. The van der Waals surface area contributed by atoms with Crippen molar-refractivity contribution in [2.24, 2.45) is 0 Å². The fourth-order valence-corrected chi connectivity index (χ4v) is 1.05. The van der Waals surface area contributed by atoms with Crippen LogP contribution in [-0.4, -0.2) is 42.5 Å². The van der Waals surface area contributed by atoms with Crippen molar-refractivity contribution in [1.82, 2.24) is 5.32 Å². The molecule has 0 amide bonds. The van der Waals surface area contributed by atoms with E-state index in [0.717, 1.165) is 0 Å². The summed E-state index contributed by atoms with van der Waals surface area (Å²) in [5, 5.41) is 11.8. The molecule has 0 rings (SSSR count). The van der Waals surface area contributed by atoms with Crippen LogP contribution < -0.4 is 5.32 Å². The van der Waals surface area contributed by atoms with Crippen molar-refractivity contribution in [2.45, 2.75) is 45.5 Å². The number of halogens is 1. The molecular weight excluding hydrogens is 201 g/mol. The van der Waals surface area contributed by atoms with Crippen LogP contribution in [0.25, 0.3) is 0 Å². The van der Waals surface area contributed by atoms with Gasteiger partial charge in [-0.05, 0) is 33.7 Å². The van der Waals surface area contributed by atoms with E-state index in [1.165, 1.54) is 0 Å². The summed E-state index contributed by atoms with van der Waals surface area (Å²) in [5.74, 6) is -0.838. The van der Waals surface area contributed by atoms with Gasteiger partial charge in [-0.2, -0.15) is 0 Å². The van der Waals surface area contributed by atoms with E-state index in [1.54, 1.807) is 20.8 Å². The van der Waals surface area contributed by atoms with Crippen molar-refractivity contribution in [2.75, 3.05) is 13.2 Å². The Balaban J connectivity index is 3.77. The second kappa shape index (κ2) is 7.59. The summed E-state index contributed by atoms with van der Waals surface area (Å²) in [4.78, 5) is 11.0. The SMILES string of the molecule is CCOC(=O)C(F)C(C)NCCC(C)O. The van der Waals surface area contributed by atoms with Gasteiger partial charge in [-0.1, -0.05) is 0 Å². The molecule has 3 atom stereocenters. The highest BCUT2D eigenvalue weighted by Gasteiger charge is 2.25. The van der Waals surface area contributed by atoms with Gasteiger partial charge in [0.2, 0.25) is 6.17 Å². The maximum atomic E-state index is 13.3. The van der Waals surface area contributed by atoms with Crippen molar-refractivity contribution in [3.63, 3.8) is 0 Å². The average molecular weight is 221 g/mol. The molecule has 4 nitrogen and oxygen atoms in total. The first kappa shape index (κ1) is 14.3. The topological polar surface area (TPSA) is 58.6 Å². The zero-order valence-corrected chi connectivity index (χ0v) is 9.50. The summed E-state index contributed by atoms with van der Waals surface area (Å²) < 4.78 is 17.9. The fraction of sp³-hybridized carbons (Fsp3) is 0.900. The molecule has 0 aromatic rings. The maximum Gasteiger partial charge on any atom is 0.342 e. The van der Waals surface area contributed by atoms with E-state index in [0.29, 0.717) is 13.0 Å². The van der Waals surface area contributed by atoms with Gasteiger partial charge in [0.05, 0.1) is 12.7 Å². The molecular formula is C10H20FNO3. The van der Waals surface area contributed by atoms with Gasteiger partial charge in [-0.25, -0.2) is 9.18 Å². The molecule has 0 bridgehead atoms. The van der Waals surface area contributed by atoms with Gasteiger partial charge in [0, 0.05) is 6.04 Å². The molecule has 15 heavy (non-hydrogen) atoms. The quantitative estimate of drug-likeness (QED) is 0.619. The van der Waals surface area contributed by atoms with Gasteiger partial charge in [-0.15, -0.1) is 0 Å². The zero-order valence-electron chi connectivity index (χ0n) is 9.50. The van der Waals surface area contributed by atoms with Crippen LogP contribution in [0.2, 0.25) is 0 Å². The van der Waals surface area contributed by atoms with Crippen molar-refractivity contribution >= 4 is 5.97 Å². The van der Waals surface area contributed by atoms with Crippen LogP contribution in [0.4, 0.5) is 4.39 Å². The number of nitrogens with one attached hydrogen (secondary N) is 1. The molecule has 0 saturated carbocycles. The molecule has 0 spiro atoms. The minimum Gasteiger partial charge on any atom is -0.464 e. The number of carbonyl (C=O) groups excluding carboxylic acids is 1. The lowest BCUT2D eigenvalue weighted by atomic mass is 10.2. The van der Waals surface area contributed by atoms with Gasteiger partial charge in [0.1, 0.15) is 0 Å². The lowest BCUT2D eigenvalue weighted by Crippen LogP contribution is -2.41. The second-order valence-electron chi connectivity index (χ2n) is 3.53. The van der Waals surface area contributed by atoms with E-state index in [1.807, 2.05) is 0 Å². The Morgan fingerprint density at radius 3 is 2.60 bits per heavy atom. The third kappa shape index (κ3) is 6.41. The minimum absolute atomic E-state index is 0.180. The van der Waals surface area contributed by atoms with Gasteiger partial charge in [0.25, 0.3) is 0 Å². The van der Waals surface area contributed by atoms with E-state index in [4.69, 9.17) is 5.11 Å². The molecule has 0 heterocycles. The van der Waals surface area contributed by atoms with E-state index in [-0.39, 0.29) is 6.61 Å². The first-order chi connectivity index (χ1) is 6.99. The average Bonchev–Trinajstić information content (AvgIpc) is 2.16. The predicted octanol–water partition coefficient (Wildman–Crippen LogP) is 0.637. The van der Waals surface area contributed by atoms with Gasteiger partial charge < -0.3 is 15.2 Å². The number of esters is 1. The lowest BCUT2D eigenvalue weighted by Gasteiger charge is -2.17. The molecule has 0 aliphatic carbocycles. The standard InChI is InChI=1S/C10H20FNO3/c1-4-15-10(14)9(11)8(3)12-6-5-7(2)13/h7-9,12-13H,4-6H2,1-3H3. The van der Waals surface area contributed by atoms with Crippen LogP contribution in [0.1, 0.15) is 27.2 Å². The molecule has 0 radical (unpaired) electrons. The van der Waals surface area contributed by atoms with Crippen molar-refractivity contribution in [1.29, 1.82) is 0 Å². The summed E-state index contributed by atoms with van der Waals surface area (Å²) in [5.41, 5.74) is 0. The number of aliphatic hydroxyl groups excluding tert-OH is 1. The first-order valence-corrected chi connectivity index (χ1v) is 5.21. The number of hydrogen-bond acceptors (Lipinski definition) is 4. The second-order valence-corrected chi connectivity index (χ2v) is 3.53. The zero-order chi connectivity index (χ0) is 11.8. The van der Waals surface area contributed by atoms with Crippen LogP contribution in [0.5, 0.6) is 0 Å². The molecule has 0 aliphatic heterocycles. The van der Waals surface area contributed by atoms with Crippen molar-refractivity contribution < 1.29 is 19.0 Å². The number of aliphatic hydroxyl groups is 1. The summed E-state index contributed by atoms with van der Waals surface area (Å²) >= 11 is 0. The Hall–Kier alpha value is -0.680. The summed E-state index contributed by atoms with van der Waals surface area (Å²) in [6.45, 7) is 5.52.